The molecule has 1 fully saturated rings. The molecule has 192 valence electrons. The van der Waals surface area contributed by atoms with Gasteiger partial charge in [-0.3, -0.25) is 24.3 Å². The predicted molar refractivity (Wildman–Crippen MR) is 125 cm³/mol. The number of nitrogens with zero attached hydrogens (tertiary/aromatic N) is 6. The first-order chi connectivity index (χ1) is 19.9. The van der Waals surface area contributed by atoms with Crippen molar-refractivity contribution in [2.24, 2.45) is 12.9 Å². The largest absolute Gasteiger partial charge is 0.417 e. The van der Waals surface area contributed by atoms with Gasteiger partial charge in [0.25, 0.3) is 5.91 Å². The number of hydrogen-bond acceptors (Lipinski definition) is 6. The summed E-state index contributed by atoms with van der Waals surface area (Å²) in [6, 6.07) is 3.82. The number of aryl methyl sites for hydroxylation is 1. The number of fused-ring (bicyclic) bond motifs is 3. The molecule has 13 heteroatoms. The molecule has 0 aliphatic heterocycles. The minimum Gasteiger partial charge on any atom is -0.383 e. The highest BCUT2D eigenvalue weighted by molar-refractivity contribution is 6.10. The molecular formula is C24H21F4N7O2. The summed E-state index contributed by atoms with van der Waals surface area (Å²) in [6.07, 6.45) is -2.76. The fourth-order valence-corrected chi connectivity index (χ4v) is 3.83. The van der Waals surface area contributed by atoms with Gasteiger partial charge in [-0.15, -0.1) is 0 Å². The third kappa shape index (κ3) is 4.41. The lowest BCUT2D eigenvalue weighted by atomic mass is 10.1. The summed E-state index contributed by atoms with van der Waals surface area (Å²) < 4.78 is 102. The van der Waals surface area contributed by atoms with Gasteiger partial charge in [-0.2, -0.15) is 18.3 Å². The lowest BCUT2D eigenvalue weighted by Gasteiger charge is -2.32. The number of anilines is 1. The van der Waals surface area contributed by atoms with Gasteiger partial charge < -0.3 is 5.73 Å². The average molecular weight is 522 g/mol. The van der Waals surface area contributed by atoms with Crippen LogP contribution in [0.4, 0.5) is 23.4 Å². The van der Waals surface area contributed by atoms with E-state index in [2.05, 4.69) is 15.1 Å². The van der Waals surface area contributed by atoms with Crippen LogP contribution in [0.5, 0.6) is 0 Å². The standard InChI is InChI=1S/C24H21F4N7O2/c1-33-20-15-7-13(5-6-18(15)32-21(29)16(20)10-31-33)23(37)35(34(2)22(36)12-3-4-12)11-19-17(25)8-14(9-30-19)24(26,27)28/h5-10,12H,3-4,11H2,1-2H3,(H2,29,32)/i1D3,2D3. The fraction of sp³-hybridized carbons (Fsp3) is 0.292. The summed E-state index contributed by atoms with van der Waals surface area (Å²) >= 11 is 0. The van der Waals surface area contributed by atoms with E-state index < -0.39 is 61.5 Å². The monoisotopic (exact) mass is 521 g/mol. The molecule has 5 rings (SSSR count). The van der Waals surface area contributed by atoms with E-state index >= 15 is 0 Å². The van der Waals surface area contributed by atoms with Crippen LogP contribution >= 0.6 is 0 Å². The molecule has 0 saturated heterocycles. The van der Waals surface area contributed by atoms with Gasteiger partial charge in [0.1, 0.15) is 11.6 Å². The maximum atomic E-state index is 14.9. The molecule has 2 amide bonds. The number of carbonyl (C=O) groups excluding carboxylic acids is 2. The van der Waals surface area contributed by atoms with Crippen LogP contribution in [-0.2, 0) is 24.5 Å². The molecule has 0 spiro atoms. The minimum absolute atomic E-state index is 0.0131. The second-order valence-corrected chi connectivity index (χ2v) is 8.49. The van der Waals surface area contributed by atoms with Crippen molar-refractivity contribution in [3.8, 4) is 0 Å². The molecule has 1 aromatic carbocycles. The number of nitrogen functional groups attached to an aromatic ring is 1. The van der Waals surface area contributed by atoms with Gasteiger partial charge in [-0.1, -0.05) is 0 Å². The van der Waals surface area contributed by atoms with E-state index in [1.165, 1.54) is 24.4 Å². The highest BCUT2D eigenvalue weighted by atomic mass is 19.4. The molecule has 0 radical (unpaired) electrons. The van der Waals surface area contributed by atoms with Crippen LogP contribution in [0.1, 0.15) is 42.7 Å². The van der Waals surface area contributed by atoms with Gasteiger partial charge >= 0.3 is 6.18 Å². The number of carbonyl (C=O) groups is 2. The van der Waals surface area contributed by atoms with Crippen LogP contribution in [0.25, 0.3) is 21.8 Å². The summed E-state index contributed by atoms with van der Waals surface area (Å²) in [7, 11) is 0. The maximum absolute atomic E-state index is 14.9. The molecule has 9 nitrogen and oxygen atoms in total. The van der Waals surface area contributed by atoms with Crippen molar-refractivity contribution < 1.29 is 35.4 Å². The number of aromatic nitrogens is 4. The first-order valence-electron chi connectivity index (χ1n) is 13.8. The van der Waals surface area contributed by atoms with Crippen LogP contribution in [0.3, 0.4) is 0 Å². The van der Waals surface area contributed by atoms with Crippen molar-refractivity contribution in [1.82, 2.24) is 29.8 Å². The number of benzene rings is 1. The fourth-order valence-electron chi connectivity index (χ4n) is 3.83. The van der Waals surface area contributed by atoms with Crippen molar-refractivity contribution in [1.29, 1.82) is 0 Å². The molecule has 0 bridgehead atoms. The average Bonchev–Trinajstić information content (AvgIpc) is 3.63. The lowest BCUT2D eigenvalue weighted by molar-refractivity contribution is -0.144. The summed E-state index contributed by atoms with van der Waals surface area (Å²) in [5.74, 6) is -4.42. The van der Waals surface area contributed by atoms with Gasteiger partial charge in [-0.05, 0) is 37.1 Å². The van der Waals surface area contributed by atoms with Crippen molar-refractivity contribution in [3.05, 3.63) is 59.3 Å². The van der Waals surface area contributed by atoms with Crippen LogP contribution in [0.15, 0.2) is 36.7 Å². The van der Waals surface area contributed by atoms with Crippen LogP contribution in [-0.4, -0.2) is 48.6 Å². The Morgan fingerprint density at radius 1 is 1.22 bits per heavy atom. The highest BCUT2D eigenvalue weighted by Gasteiger charge is 2.37. The minimum atomic E-state index is -4.93. The van der Waals surface area contributed by atoms with Crippen molar-refractivity contribution in [2.45, 2.75) is 25.6 Å². The van der Waals surface area contributed by atoms with Crippen molar-refractivity contribution >= 4 is 39.4 Å². The molecule has 0 unspecified atom stereocenters. The summed E-state index contributed by atoms with van der Waals surface area (Å²) in [4.78, 5) is 34.8. The second-order valence-electron chi connectivity index (χ2n) is 8.49. The number of halogens is 4. The number of hydrazine groups is 1. The van der Waals surface area contributed by atoms with Gasteiger partial charge in [0.05, 0.1) is 40.4 Å². The Balaban J connectivity index is 1.66. The third-order valence-corrected chi connectivity index (χ3v) is 5.94. The summed E-state index contributed by atoms with van der Waals surface area (Å²) in [5.41, 5.74) is 3.67. The Kier molecular flexibility index (Phi) is 4.23. The first-order valence-corrected chi connectivity index (χ1v) is 10.8. The van der Waals surface area contributed by atoms with E-state index in [1.54, 1.807) is 0 Å². The lowest BCUT2D eigenvalue weighted by Crippen LogP contribution is -2.47. The number of pyridine rings is 2. The zero-order valence-corrected chi connectivity index (χ0v) is 18.8. The number of nitrogens with two attached hydrogens (primary N) is 1. The SMILES string of the molecule is [2H]C([2H])([2H])N(C(=O)C1CC1)N(Cc1ncc(C(F)(F)F)cc1F)C(=O)c1ccc2nc(N)c3cnn(C([2H])([2H])[2H])c3c2c1. The molecule has 1 aliphatic carbocycles. The van der Waals surface area contributed by atoms with Gasteiger partial charge in [0.2, 0.25) is 5.91 Å². The smallest absolute Gasteiger partial charge is 0.383 e. The molecule has 0 atom stereocenters. The topological polar surface area (TPSA) is 110 Å². The molecule has 1 saturated carbocycles. The van der Waals surface area contributed by atoms with E-state index in [-0.39, 0.29) is 44.3 Å². The third-order valence-electron chi connectivity index (χ3n) is 5.94. The zero-order valence-electron chi connectivity index (χ0n) is 24.8. The molecule has 3 aromatic heterocycles. The predicted octanol–water partition coefficient (Wildman–Crippen LogP) is 3.68. The summed E-state index contributed by atoms with van der Waals surface area (Å²) in [5, 5.41) is 4.68. The van der Waals surface area contributed by atoms with Gasteiger partial charge in [0.15, 0.2) is 0 Å². The zero-order chi connectivity index (χ0) is 31.6. The molecular weight excluding hydrogens is 494 g/mol. The number of alkyl halides is 3. The molecule has 1 aliphatic rings. The van der Waals surface area contributed by atoms with E-state index in [0.717, 1.165) is 0 Å². The highest BCUT2D eigenvalue weighted by Crippen LogP contribution is 2.33. The van der Waals surface area contributed by atoms with Crippen LogP contribution < -0.4 is 5.73 Å². The first kappa shape index (κ1) is 18.0. The van der Waals surface area contributed by atoms with E-state index in [4.69, 9.17) is 14.0 Å². The molecule has 2 N–H and O–H groups in total. The molecule has 37 heavy (non-hydrogen) atoms. The Morgan fingerprint density at radius 3 is 2.65 bits per heavy atom. The van der Waals surface area contributed by atoms with Crippen LogP contribution in [0, 0.1) is 11.7 Å². The van der Waals surface area contributed by atoms with E-state index in [0.29, 0.717) is 28.7 Å². The molecule has 4 aromatic rings. The van der Waals surface area contributed by atoms with Crippen molar-refractivity contribution in [3.63, 3.8) is 0 Å². The quantitative estimate of drug-likeness (QED) is 0.324. The normalized spacial score (nSPS) is 16.9. The van der Waals surface area contributed by atoms with E-state index in [9.17, 15) is 27.2 Å². The maximum Gasteiger partial charge on any atom is 0.417 e. The van der Waals surface area contributed by atoms with Crippen molar-refractivity contribution in [2.75, 3.05) is 12.7 Å². The Bertz CT molecular complexity index is 1770. The number of hydrogen-bond donors (Lipinski definition) is 1. The second kappa shape index (κ2) is 8.68. The van der Waals surface area contributed by atoms with Gasteiger partial charge in [-0.25, -0.2) is 14.4 Å². The van der Waals surface area contributed by atoms with E-state index in [1.807, 2.05) is 0 Å². The van der Waals surface area contributed by atoms with Gasteiger partial charge in [0, 0.05) is 45.2 Å². The Labute approximate surface area is 215 Å². The number of amides is 2. The molecule has 3 heterocycles. The number of rotatable bonds is 4. The van der Waals surface area contributed by atoms with Crippen LogP contribution in [0.2, 0.25) is 0 Å². The Morgan fingerprint density at radius 2 is 2.00 bits per heavy atom. The summed E-state index contributed by atoms with van der Waals surface area (Å²) in [6.45, 7) is -7.06. The Hall–Kier alpha value is -4.29.